The monoisotopic (exact) mass is 270 g/mol. The van der Waals surface area contributed by atoms with Crippen LogP contribution in [0.1, 0.15) is 19.3 Å². The minimum atomic E-state index is -0.755. The van der Waals surface area contributed by atoms with E-state index in [-0.39, 0.29) is 50.1 Å². The molecule has 1 fully saturated rings. The lowest BCUT2D eigenvalue weighted by atomic mass is 10.1. The molecular weight excluding hydrogens is 252 g/mol. The molecule has 2 unspecified atom stereocenters. The molecule has 2 amide bonds. The highest BCUT2D eigenvalue weighted by Crippen LogP contribution is 1.97. The molecule has 8 heteroatoms. The Morgan fingerprint density at radius 1 is 1.16 bits per heavy atom. The number of nitrogens with two attached hydrogens (primary N) is 1. The summed E-state index contributed by atoms with van der Waals surface area (Å²) in [5.74, 6) is -0.970. The van der Waals surface area contributed by atoms with E-state index in [2.05, 4.69) is 16.0 Å². The molecule has 0 aromatic carbocycles. The molecule has 0 saturated carbocycles. The number of carbonyl (C=O) groups is 4. The van der Waals surface area contributed by atoms with Crippen LogP contribution in [0.4, 0.5) is 0 Å². The Kier molecular flexibility index (Phi) is 6.10. The lowest BCUT2D eigenvalue weighted by Gasteiger charge is -2.13. The summed E-state index contributed by atoms with van der Waals surface area (Å²) in [6, 6.07) is -1.50. The SMILES string of the molecule is NC1CCC(=O)NCNC(=O)CC(C=O)NCC1=O. The molecule has 0 bridgehead atoms. The van der Waals surface area contributed by atoms with Gasteiger partial charge < -0.3 is 26.5 Å². The second-order valence-corrected chi connectivity index (χ2v) is 4.32. The molecule has 8 nitrogen and oxygen atoms in total. The van der Waals surface area contributed by atoms with Crippen molar-refractivity contribution in [3.8, 4) is 0 Å². The number of aldehydes is 1. The quantitative estimate of drug-likeness (QED) is 0.387. The summed E-state index contributed by atoms with van der Waals surface area (Å²) >= 11 is 0. The standard InChI is InChI=1S/C11H18N4O4/c12-8-1-2-10(18)14-6-15-11(19)3-7(5-16)13-4-9(8)17/h5,7-8,13H,1-4,6,12H2,(H,14,18)(H,15,19). The summed E-state index contributed by atoms with van der Waals surface area (Å²) in [4.78, 5) is 45.2. The van der Waals surface area contributed by atoms with Crippen molar-refractivity contribution in [1.29, 1.82) is 0 Å². The van der Waals surface area contributed by atoms with Crippen LogP contribution in [0.5, 0.6) is 0 Å². The van der Waals surface area contributed by atoms with Crippen LogP contribution >= 0.6 is 0 Å². The number of amides is 2. The smallest absolute Gasteiger partial charge is 0.223 e. The first kappa shape index (κ1) is 15.3. The Balaban J connectivity index is 2.65. The predicted octanol–water partition coefficient (Wildman–Crippen LogP) is -2.59. The van der Waals surface area contributed by atoms with Crippen molar-refractivity contribution in [3.63, 3.8) is 0 Å². The Morgan fingerprint density at radius 3 is 2.53 bits per heavy atom. The highest BCUT2D eigenvalue weighted by atomic mass is 16.2. The van der Waals surface area contributed by atoms with E-state index in [1.54, 1.807) is 0 Å². The number of Topliss-reactive ketones (excluding diaryl/α,β-unsaturated/α-hetero) is 1. The number of nitrogens with one attached hydrogen (secondary N) is 3. The Labute approximate surface area is 110 Å². The molecule has 19 heavy (non-hydrogen) atoms. The summed E-state index contributed by atoms with van der Waals surface area (Å²) in [6.45, 7) is -0.105. The van der Waals surface area contributed by atoms with E-state index in [0.717, 1.165) is 0 Å². The van der Waals surface area contributed by atoms with Crippen molar-refractivity contribution in [2.45, 2.75) is 31.3 Å². The third-order valence-electron chi connectivity index (χ3n) is 2.78. The van der Waals surface area contributed by atoms with Crippen molar-refractivity contribution in [1.82, 2.24) is 16.0 Å². The highest BCUT2D eigenvalue weighted by molar-refractivity contribution is 5.87. The number of hydrogen-bond acceptors (Lipinski definition) is 6. The van der Waals surface area contributed by atoms with Gasteiger partial charge in [0.1, 0.15) is 6.29 Å². The third kappa shape index (κ3) is 5.58. The van der Waals surface area contributed by atoms with Crippen LogP contribution in [-0.2, 0) is 19.2 Å². The van der Waals surface area contributed by atoms with E-state index < -0.39 is 12.1 Å². The average molecular weight is 270 g/mol. The molecule has 1 saturated heterocycles. The summed E-state index contributed by atoms with van der Waals surface area (Å²) < 4.78 is 0. The molecule has 5 N–H and O–H groups in total. The van der Waals surface area contributed by atoms with Gasteiger partial charge in [0.25, 0.3) is 0 Å². The van der Waals surface area contributed by atoms with E-state index in [4.69, 9.17) is 5.73 Å². The van der Waals surface area contributed by atoms with Gasteiger partial charge in [0.15, 0.2) is 5.78 Å². The molecule has 0 aliphatic carbocycles. The molecule has 0 aromatic rings. The fourth-order valence-electron chi connectivity index (χ4n) is 1.58. The van der Waals surface area contributed by atoms with Crippen LogP contribution in [0.25, 0.3) is 0 Å². The Bertz CT molecular complexity index is 372. The maximum Gasteiger partial charge on any atom is 0.223 e. The second-order valence-electron chi connectivity index (χ2n) is 4.32. The minimum absolute atomic E-state index is 0.00751. The van der Waals surface area contributed by atoms with Crippen molar-refractivity contribution in [2.24, 2.45) is 5.73 Å². The zero-order chi connectivity index (χ0) is 14.3. The minimum Gasteiger partial charge on any atom is -0.339 e. The predicted molar refractivity (Wildman–Crippen MR) is 65.8 cm³/mol. The summed E-state index contributed by atoms with van der Waals surface area (Å²) in [6.07, 6.45) is 0.810. The van der Waals surface area contributed by atoms with Crippen molar-refractivity contribution in [3.05, 3.63) is 0 Å². The van der Waals surface area contributed by atoms with Crippen LogP contribution in [0, 0.1) is 0 Å². The van der Waals surface area contributed by atoms with Gasteiger partial charge in [-0.1, -0.05) is 0 Å². The van der Waals surface area contributed by atoms with Gasteiger partial charge in [0.2, 0.25) is 11.8 Å². The highest BCUT2D eigenvalue weighted by Gasteiger charge is 2.19. The largest absolute Gasteiger partial charge is 0.339 e. The van der Waals surface area contributed by atoms with Crippen LogP contribution in [0.3, 0.4) is 0 Å². The van der Waals surface area contributed by atoms with Crippen LogP contribution in [0.2, 0.25) is 0 Å². The Hall–Kier alpha value is -1.80. The molecule has 1 heterocycles. The van der Waals surface area contributed by atoms with Gasteiger partial charge in [0, 0.05) is 12.8 Å². The molecule has 0 aromatic heterocycles. The van der Waals surface area contributed by atoms with Gasteiger partial charge in [0.05, 0.1) is 25.3 Å². The normalized spacial score (nSPS) is 27.3. The van der Waals surface area contributed by atoms with E-state index >= 15 is 0 Å². The summed E-state index contributed by atoms with van der Waals surface area (Å²) in [7, 11) is 0. The van der Waals surface area contributed by atoms with Crippen LogP contribution < -0.4 is 21.7 Å². The fourth-order valence-corrected chi connectivity index (χ4v) is 1.58. The van der Waals surface area contributed by atoms with Crippen molar-refractivity contribution < 1.29 is 19.2 Å². The zero-order valence-corrected chi connectivity index (χ0v) is 10.5. The number of hydrogen-bond donors (Lipinski definition) is 4. The first-order chi connectivity index (χ1) is 9.02. The molecule has 1 rings (SSSR count). The third-order valence-corrected chi connectivity index (χ3v) is 2.78. The van der Waals surface area contributed by atoms with Crippen molar-refractivity contribution in [2.75, 3.05) is 13.2 Å². The van der Waals surface area contributed by atoms with E-state index in [1.807, 2.05) is 0 Å². The molecule has 0 radical (unpaired) electrons. The van der Waals surface area contributed by atoms with E-state index in [1.165, 1.54) is 0 Å². The average Bonchev–Trinajstić information content (AvgIpc) is 2.40. The van der Waals surface area contributed by atoms with Crippen LogP contribution in [0.15, 0.2) is 0 Å². The lowest BCUT2D eigenvalue weighted by Crippen LogP contribution is -2.43. The number of ketones is 1. The van der Waals surface area contributed by atoms with Gasteiger partial charge in [-0.15, -0.1) is 0 Å². The lowest BCUT2D eigenvalue weighted by molar-refractivity contribution is -0.124. The van der Waals surface area contributed by atoms with E-state index in [0.29, 0.717) is 6.29 Å². The molecule has 0 spiro atoms. The molecular formula is C11H18N4O4. The zero-order valence-electron chi connectivity index (χ0n) is 10.5. The van der Waals surface area contributed by atoms with Gasteiger partial charge in [-0.05, 0) is 6.42 Å². The molecule has 106 valence electrons. The first-order valence-electron chi connectivity index (χ1n) is 6.03. The summed E-state index contributed by atoms with van der Waals surface area (Å²) in [5.41, 5.74) is 5.63. The molecule has 1 aliphatic heterocycles. The van der Waals surface area contributed by atoms with Gasteiger partial charge in [-0.3, -0.25) is 14.4 Å². The number of rotatable bonds is 1. The van der Waals surface area contributed by atoms with Gasteiger partial charge in [-0.2, -0.15) is 0 Å². The van der Waals surface area contributed by atoms with E-state index in [9.17, 15) is 19.2 Å². The second kappa shape index (κ2) is 7.59. The summed E-state index contributed by atoms with van der Waals surface area (Å²) in [5, 5.41) is 7.59. The number of carbonyl (C=O) groups excluding carboxylic acids is 4. The molecule has 1 aliphatic rings. The van der Waals surface area contributed by atoms with Crippen molar-refractivity contribution >= 4 is 23.9 Å². The maximum absolute atomic E-state index is 11.6. The van der Waals surface area contributed by atoms with Gasteiger partial charge in [-0.25, -0.2) is 0 Å². The molecule has 2 atom stereocenters. The Morgan fingerprint density at radius 2 is 1.84 bits per heavy atom. The van der Waals surface area contributed by atoms with Gasteiger partial charge >= 0.3 is 0 Å². The van der Waals surface area contributed by atoms with Crippen LogP contribution in [-0.4, -0.2) is 49.2 Å². The maximum atomic E-state index is 11.6. The fraction of sp³-hybridized carbons (Fsp3) is 0.636. The topological polar surface area (TPSA) is 130 Å². The first-order valence-corrected chi connectivity index (χ1v) is 6.03.